The van der Waals surface area contributed by atoms with E-state index in [1.807, 2.05) is 28.9 Å². The molecule has 1 saturated heterocycles. The SMILES string of the molecule is Cc1ccc(-n2c(-c3ccccc3)nn(C[NH+]3CCN(c4ncccn4)CC3)c2=S)cc1C. The van der Waals surface area contributed by atoms with Crippen LogP contribution in [0.3, 0.4) is 0 Å². The number of aromatic nitrogens is 5. The first kappa shape index (κ1) is 21.5. The van der Waals surface area contributed by atoms with Crippen molar-refractivity contribution < 1.29 is 4.90 Å². The lowest BCUT2D eigenvalue weighted by molar-refractivity contribution is -0.924. The van der Waals surface area contributed by atoms with E-state index in [1.54, 1.807) is 12.4 Å². The second kappa shape index (κ2) is 9.25. The zero-order valence-electron chi connectivity index (χ0n) is 19.0. The lowest BCUT2D eigenvalue weighted by atomic mass is 10.1. The summed E-state index contributed by atoms with van der Waals surface area (Å²) >= 11 is 5.96. The van der Waals surface area contributed by atoms with Gasteiger partial charge in [-0.05, 0) is 55.4 Å². The Bertz CT molecular complexity index is 1290. The molecule has 7 nitrogen and oxygen atoms in total. The first-order chi connectivity index (χ1) is 16.1. The predicted octanol–water partition coefficient (Wildman–Crippen LogP) is 2.84. The summed E-state index contributed by atoms with van der Waals surface area (Å²) in [7, 11) is 0. The highest BCUT2D eigenvalue weighted by atomic mass is 32.1. The van der Waals surface area contributed by atoms with Crippen molar-refractivity contribution in [1.29, 1.82) is 0 Å². The predicted molar refractivity (Wildman–Crippen MR) is 132 cm³/mol. The van der Waals surface area contributed by atoms with Crippen molar-refractivity contribution in [2.24, 2.45) is 0 Å². The van der Waals surface area contributed by atoms with E-state index in [0.29, 0.717) is 0 Å². The maximum absolute atomic E-state index is 5.96. The molecule has 1 aliphatic rings. The van der Waals surface area contributed by atoms with Gasteiger partial charge < -0.3 is 9.80 Å². The molecule has 2 aromatic carbocycles. The van der Waals surface area contributed by atoms with Gasteiger partial charge in [-0.2, -0.15) is 4.68 Å². The summed E-state index contributed by atoms with van der Waals surface area (Å²) in [6.07, 6.45) is 3.59. The summed E-state index contributed by atoms with van der Waals surface area (Å²) in [5, 5.41) is 5.00. The van der Waals surface area contributed by atoms with Crippen molar-refractivity contribution >= 4 is 18.2 Å². The van der Waals surface area contributed by atoms with E-state index in [9.17, 15) is 0 Å². The molecule has 0 radical (unpaired) electrons. The van der Waals surface area contributed by atoms with Crippen LogP contribution in [0.2, 0.25) is 0 Å². The maximum atomic E-state index is 5.96. The second-order valence-electron chi connectivity index (χ2n) is 8.52. The van der Waals surface area contributed by atoms with Crippen molar-refractivity contribution in [2.45, 2.75) is 20.5 Å². The summed E-state index contributed by atoms with van der Waals surface area (Å²) in [6, 6.07) is 18.6. The minimum Gasteiger partial charge on any atom is -0.330 e. The molecule has 0 unspecified atom stereocenters. The molecular weight excluding hydrogens is 430 g/mol. The number of anilines is 1. The standard InChI is InChI=1S/C25H27N7S/c1-19-9-10-22(17-20(19)2)32-23(21-7-4-3-5-8-21)28-31(25(32)33)18-29-13-15-30(16-14-29)24-26-11-6-12-27-24/h3-12,17H,13-16,18H2,1-2H3/p+1. The zero-order valence-corrected chi connectivity index (χ0v) is 19.8. The number of benzene rings is 2. The lowest BCUT2D eigenvalue weighted by Gasteiger charge is -2.31. The number of piperazine rings is 1. The van der Waals surface area contributed by atoms with Gasteiger partial charge in [-0.3, -0.25) is 4.57 Å². The van der Waals surface area contributed by atoms with Crippen LogP contribution in [0.4, 0.5) is 5.95 Å². The summed E-state index contributed by atoms with van der Waals surface area (Å²) < 4.78 is 4.81. The molecular formula is C25H28N7S+. The molecule has 0 saturated carbocycles. The Balaban J connectivity index is 1.43. The van der Waals surface area contributed by atoms with E-state index in [2.05, 4.69) is 63.6 Å². The molecule has 3 heterocycles. The summed E-state index contributed by atoms with van der Waals surface area (Å²) in [6.45, 7) is 8.79. The van der Waals surface area contributed by atoms with Crippen molar-refractivity contribution in [2.75, 3.05) is 31.1 Å². The average Bonchev–Trinajstić information content (AvgIpc) is 3.18. The van der Waals surface area contributed by atoms with Crippen molar-refractivity contribution in [3.05, 3.63) is 82.9 Å². The Morgan fingerprint density at radius 3 is 2.33 bits per heavy atom. The van der Waals surface area contributed by atoms with E-state index < -0.39 is 0 Å². The number of nitrogens with one attached hydrogen (secondary N) is 1. The third-order valence-electron chi connectivity index (χ3n) is 6.30. The fourth-order valence-electron chi connectivity index (χ4n) is 4.23. The monoisotopic (exact) mass is 458 g/mol. The van der Waals surface area contributed by atoms with Crippen LogP contribution < -0.4 is 9.80 Å². The van der Waals surface area contributed by atoms with Crippen LogP contribution in [-0.2, 0) is 6.67 Å². The van der Waals surface area contributed by atoms with Gasteiger partial charge in [0.1, 0.15) is 0 Å². The fraction of sp³-hybridized carbons (Fsp3) is 0.280. The fourth-order valence-corrected chi connectivity index (χ4v) is 4.53. The molecule has 0 atom stereocenters. The normalized spacial score (nSPS) is 14.5. The van der Waals surface area contributed by atoms with Crippen LogP contribution in [0.15, 0.2) is 67.0 Å². The van der Waals surface area contributed by atoms with E-state index in [0.717, 1.165) is 60.6 Å². The Morgan fingerprint density at radius 1 is 0.909 bits per heavy atom. The van der Waals surface area contributed by atoms with Crippen LogP contribution in [0.25, 0.3) is 17.1 Å². The molecule has 0 spiro atoms. The van der Waals surface area contributed by atoms with Gasteiger partial charge in [0.05, 0.1) is 31.9 Å². The highest BCUT2D eigenvalue weighted by Crippen LogP contribution is 2.24. The Hall–Kier alpha value is -3.36. The number of hydrogen-bond donors (Lipinski definition) is 1. The van der Waals surface area contributed by atoms with E-state index in [-0.39, 0.29) is 0 Å². The van der Waals surface area contributed by atoms with Crippen LogP contribution in [0.1, 0.15) is 11.1 Å². The third kappa shape index (κ3) is 4.44. The van der Waals surface area contributed by atoms with Crippen molar-refractivity contribution in [3.63, 3.8) is 0 Å². The topological polar surface area (TPSA) is 56.2 Å². The molecule has 168 valence electrons. The minimum atomic E-state index is 0.721. The highest BCUT2D eigenvalue weighted by molar-refractivity contribution is 7.71. The molecule has 0 bridgehead atoms. The van der Waals surface area contributed by atoms with Gasteiger partial charge in [0.25, 0.3) is 0 Å². The summed E-state index contributed by atoms with van der Waals surface area (Å²) in [5.41, 5.74) is 4.62. The van der Waals surface area contributed by atoms with Gasteiger partial charge in [0, 0.05) is 18.0 Å². The average molecular weight is 459 g/mol. The molecule has 4 aromatic rings. The number of nitrogens with zero attached hydrogens (tertiary/aromatic N) is 6. The summed E-state index contributed by atoms with van der Waals surface area (Å²) in [5.74, 6) is 1.68. The van der Waals surface area contributed by atoms with E-state index in [1.165, 1.54) is 16.0 Å². The molecule has 1 N–H and O–H groups in total. The smallest absolute Gasteiger partial charge is 0.225 e. The first-order valence-corrected chi connectivity index (χ1v) is 11.7. The van der Waals surface area contributed by atoms with E-state index >= 15 is 0 Å². The van der Waals surface area contributed by atoms with Crippen molar-refractivity contribution in [1.82, 2.24) is 24.3 Å². The molecule has 0 aliphatic carbocycles. The molecule has 1 fully saturated rings. The molecule has 5 rings (SSSR count). The van der Waals surface area contributed by atoms with Gasteiger partial charge in [-0.1, -0.05) is 36.4 Å². The minimum absolute atomic E-state index is 0.721. The molecule has 33 heavy (non-hydrogen) atoms. The zero-order chi connectivity index (χ0) is 22.8. The van der Waals surface area contributed by atoms with Crippen LogP contribution >= 0.6 is 12.2 Å². The first-order valence-electron chi connectivity index (χ1n) is 11.3. The number of hydrogen-bond acceptors (Lipinski definition) is 5. The van der Waals surface area contributed by atoms with Gasteiger partial charge >= 0.3 is 0 Å². The largest absolute Gasteiger partial charge is 0.330 e. The van der Waals surface area contributed by atoms with Crippen LogP contribution in [0, 0.1) is 18.6 Å². The molecule has 0 amide bonds. The molecule has 2 aromatic heterocycles. The lowest BCUT2D eigenvalue weighted by Crippen LogP contribution is -3.14. The van der Waals surface area contributed by atoms with Gasteiger partial charge in [-0.25, -0.2) is 9.97 Å². The Morgan fingerprint density at radius 2 is 1.64 bits per heavy atom. The Kier molecular flexibility index (Phi) is 6.02. The van der Waals surface area contributed by atoms with E-state index in [4.69, 9.17) is 17.3 Å². The number of quaternary nitrogens is 1. The highest BCUT2D eigenvalue weighted by Gasteiger charge is 2.24. The molecule has 8 heteroatoms. The number of rotatable bonds is 5. The maximum Gasteiger partial charge on any atom is 0.225 e. The second-order valence-corrected chi connectivity index (χ2v) is 8.88. The van der Waals surface area contributed by atoms with Gasteiger partial charge in [0.15, 0.2) is 12.5 Å². The van der Waals surface area contributed by atoms with Gasteiger partial charge in [0.2, 0.25) is 10.7 Å². The Labute approximate surface area is 199 Å². The molecule has 1 aliphatic heterocycles. The van der Waals surface area contributed by atoms with Crippen molar-refractivity contribution in [3.8, 4) is 17.1 Å². The quantitative estimate of drug-likeness (QED) is 0.466. The van der Waals surface area contributed by atoms with Crippen LogP contribution in [-0.4, -0.2) is 50.5 Å². The number of aryl methyl sites for hydroxylation is 2. The van der Waals surface area contributed by atoms with Crippen LogP contribution in [0.5, 0.6) is 0 Å². The summed E-state index contributed by atoms with van der Waals surface area (Å²) in [4.78, 5) is 12.5. The van der Waals surface area contributed by atoms with Gasteiger partial charge in [-0.15, -0.1) is 5.10 Å². The third-order valence-corrected chi connectivity index (χ3v) is 6.69.